The van der Waals surface area contributed by atoms with Gasteiger partial charge in [0.15, 0.2) is 11.8 Å². The molecule has 3 N–H and O–H groups in total. The molecule has 0 saturated carbocycles. The summed E-state index contributed by atoms with van der Waals surface area (Å²) in [5.74, 6) is -2.10. The minimum absolute atomic E-state index is 0.169. The number of aliphatic hydroxyl groups excluding tert-OH is 1. The van der Waals surface area contributed by atoms with Crippen LogP contribution in [-0.2, 0) is 4.79 Å². The summed E-state index contributed by atoms with van der Waals surface area (Å²) >= 11 is 0. The molecule has 0 aliphatic heterocycles. The Morgan fingerprint density at radius 3 is 1.96 bits per heavy atom. The maximum atomic E-state index is 12.3. The van der Waals surface area contributed by atoms with Gasteiger partial charge in [-0.05, 0) is 18.6 Å². The Bertz CT molecular complexity index is 755. The molecule has 0 aliphatic rings. The zero-order valence-corrected chi connectivity index (χ0v) is 13.7. The smallest absolute Gasteiger partial charge is 0.328 e. The van der Waals surface area contributed by atoms with Crippen molar-refractivity contribution in [2.45, 2.75) is 25.5 Å². The van der Waals surface area contributed by atoms with E-state index in [1.54, 1.807) is 31.2 Å². The number of rotatable bonds is 7. The highest BCUT2D eigenvalue weighted by molar-refractivity contribution is 6.09. The standard InChI is InChI=1S/C19H19NO5/c1-2-15(21)16(19(24)25)20-18(23)14-10-8-13(9-11-14)17(22)12-6-4-3-5-7-12/h3-11,15-16,21H,2H2,1H3,(H,20,23)(H,24,25)/t15-,16+/m1/s1. The number of ketones is 1. The highest BCUT2D eigenvalue weighted by Crippen LogP contribution is 2.11. The third kappa shape index (κ3) is 4.51. The molecule has 2 aromatic rings. The van der Waals surface area contributed by atoms with Crippen LogP contribution in [0.3, 0.4) is 0 Å². The zero-order chi connectivity index (χ0) is 18.4. The molecule has 0 radical (unpaired) electrons. The Hall–Kier alpha value is -2.99. The van der Waals surface area contributed by atoms with Gasteiger partial charge in [-0.25, -0.2) is 4.79 Å². The molecule has 0 aliphatic carbocycles. The quantitative estimate of drug-likeness (QED) is 0.667. The first-order valence-corrected chi connectivity index (χ1v) is 7.85. The molecular formula is C19H19NO5. The number of aliphatic hydroxyl groups is 1. The predicted octanol–water partition coefficient (Wildman–Crippen LogP) is 1.87. The fraction of sp³-hybridized carbons (Fsp3) is 0.211. The third-order valence-corrected chi connectivity index (χ3v) is 3.80. The first-order valence-electron chi connectivity index (χ1n) is 7.85. The number of hydrogen-bond acceptors (Lipinski definition) is 4. The normalized spacial score (nSPS) is 12.9. The number of aliphatic carboxylic acids is 1. The average Bonchev–Trinajstić information content (AvgIpc) is 2.65. The highest BCUT2D eigenvalue weighted by atomic mass is 16.4. The summed E-state index contributed by atoms with van der Waals surface area (Å²) in [7, 11) is 0. The lowest BCUT2D eigenvalue weighted by Gasteiger charge is -2.19. The van der Waals surface area contributed by atoms with Gasteiger partial charge in [0.25, 0.3) is 5.91 Å². The molecule has 2 atom stereocenters. The molecule has 6 nitrogen and oxygen atoms in total. The van der Waals surface area contributed by atoms with Gasteiger partial charge in [0.1, 0.15) is 0 Å². The predicted molar refractivity (Wildman–Crippen MR) is 91.5 cm³/mol. The van der Waals surface area contributed by atoms with Gasteiger partial charge in [0, 0.05) is 16.7 Å². The molecule has 6 heteroatoms. The number of amides is 1. The summed E-state index contributed by atoms with van der Waals surface area (Å²) in [6.07, 6.45) is -0.984. The molecule has 1 amide bonds. The summed E-state index contributed by atoms with van der Waals surface area (Å²) in [5.41, 5.74) is 1.17. The summed E-state index contributed by atoms with van der Waals surface area (Å²) in [6, 6.07) is 13.3. The molecule has 0 saturated heterocycles. The van der Waals surface area contributed by atoms with Crippen molar-refractivity contribution in [1.82, 2.24) is 5.32 Å². The number of benzene rings is 2. The molecule has 130 valence electrons. The lowest BCUT2D eigenvalue weighted by molar-refractivity contribution is -0.142. The fourth-order valence-electron chi connectivity index (χ4n) is 2.31. The van der Waals surface area contributed by atoms with E-state index in [-0.39, 0.29) is 17.8 Å². The van der Waals surface area contributed by atoms with E-state index in [0.717, 1.165) is 0 Å². The molecule has 0 unspecified atom stereocenters. The minimum atomic E-state index is -1.39. The van der Waals surface area contributed by atoms with E-state index in [9.17, 15) is 19.5 Å². The van der Waals surface area contributed by atoms with Crippen LogP contribution in [-0.4, -0.2) is 40.0 Å². The van der Waals surface area contributed by atoms with Crippen molar-refractivity contribution in [3.05, 3.63) is 71.3 Å². The second-order valence-electron chi connectivity index (χ2n) is 5.54. The summed E-state index contributed by atoms with van der Waals surface area (Å²) in [4.78, 5) is 35.6. The van der Waals surface area contributed by atoms with E-state index in [1.165, 1.54) is 24.3 Å². The van der Waals surface area contributed by atoms with Gasteiger partial charge >= 0.3 is 5.97 Å². The van der Waals surface area contributed by atoms with E-state index >= 15 is 0 Å². The average molecular weight is 341 g/mol. The van der Waals surface area contributed by atoms with E-state index < -0.39 is 24.0 Å². The van der Waals surface area contributed by atoms with Crippen molar-refractivity contribution in [2.24, 2.45) is 0 Å². The van der Waals surface area contributed by atoms with Crippen LogP contribution in [0.5, 0.6) is 0 Å². The molecule has 0 fully saturated rings. The van der Waals surface area contributed by atoms with Gasteiger partial charge in [-0.1, -0.05) is 49.4 Å². The van der Waals surface area contributed by atoms with Gasteiger partial charge in [-0.15, -0.1) is 0 Å². The molecule has 0 aromatic heterocycles. The van der Waals surface area contributed by atoms with E-state index in [0.29, 0.717) is 11.1 Å². The Balaban J connectivity index is 2.12. The largest absolute Gasteiger partial charge is 0.480 e. The van der Waals surface area contributed by atoms with Crippen molar-refractivity contribution in [3.8, 4) is 0 Å². The first kappa shape index (κ1) is 18.4. The number of carboxylic acids is 1. The van der Waals surface area contributed by atoms with Crippen molar-refractivity contribution >= 4 is 17.7 Å². The molecule has 0 bridgehead atoms. The van der Waals surface area contributed by atoms with Gasteiger partial charge < -0.3 is 15.5 Å². The Kier molecular flexibility index (Phi) is 6.03. The van der Waals surface area contributed by atoms with Crippen LogP contribution in [0.4, 0.5) is 0 Å². The third-order valence-electron chi connectivity index (χ3n) is 3.80. The van der Waals surface area contributed by atoms with E-state index in [1.807, 2.05) is 6.07 Å². The maximum absolute atomic E-state index is 12.3. The molecule has 2 rings (SSSR count). The number of carbonyl (C=O) groups excluding carboxylic acids is 2. The Morgan fingerprint density at radius 2 is 1.44 bits per heavy atom. The minimum Gasteiger partial charge on any atom is -0.480 e. The van der Waals surface area contributed by atoms with Gasteiger partial charge in [0.2, 0.25) is 0 Å². The van der Waals surface area contributed by atoms with Crippen LogP contribution in [0.15, 0.2) is 54.6 Å². The van der Waals surface area contributed by atoms with E-state index in [4.69, 9.17) is 5.11 Å². The SMILES string of the molecule is CC[C@@H](O)[C@H](NC(=O)c1ccc(C(=O)c2ccccc2)cc1)C(=O)O. The summed E-state index contributed by atoms with van der Waals surface area (Å²) in [6.45, 7) is 1.62. The van der Waals surface area contributed by atoms with E-state index in [2.05, 4.69) is 5.32 Å². The number of hydrogen-bond donors (Lipinski definition) is 3. The zero-order valence-electron chi connectivity index (χ0n) is 13.7. The van der Waals surface area contributed by atoms with Crippen LogP contribution >= 0.6 is 0 Å². The lowest BCUT2D eigenvalue weighted by Crippen LogP contribution is -2.48. The molecule has 0 spiro atoms. The van der Waals surface area contributed by atoms with Crippen LogP contribution in [0.25, 0.3) is 0 Å². The monoisotopic (exact) mass is 341 g/mol. The Morgan fingerprint density at radius 1 is 0.920 bits per heavy atom. The first-order chi connectivity index (χ1) is 11.9. The van der Waals surface area contributed by atoms with Crippen molar-refractivity contribution in [2.75, 3.05) is 0 Å². The second kappa shape index (κ2) is 8.21. The molecular weight excluding hydrogens is 322 g/mol. The Labute approximate surface area is 145 Å². The van der Waals surface area contributed by atoms with Crippen molar-refractivity contribution in [3.63, 3.8) is 0 Å². The van der Waals surface area contributed by atoms with Gasteiger partial charge in [-0.3, -0.25) is 9.59 Å². The molecule has 25 heavy (non-hydrogen) atoms. The fourth-order valence-corrected chi connectivity index (χ4v) is 2.31. The van der Waals surface area contributed by atoms with Gasteiger partial charge in [0.05, 0.1) is 6.10 Å². The number of nitrogens with one attached hydrogen (secondary N) is 1. The van der Waals surface area contributed by atoms with Crippen LogP contribution in [0, 0.1) is 0 Å². The maximum Gasteiger partial charge on any atom is 0.328 e. The number of carbonyl (C=O) groups is 3. The van der Waals surface area contributed by atoms with Crippen molar-refractivity contribution in [1.29, 1.82) is 0 Å². The van der Waals surface area contributed by atoms with Gasteiger partial charge in [-0.2, -0.15) is 0 Å². The van der Waals surface area contributed by atoms with Crippen LogP contribution in [0.2, 0.25) is 0 Å². The molecule has 2 aromatic carbocycles. The lowest BCUT2D eigenvalue weighted by atomic mass is 10.0. The topological polar surface area (TPSA) is 104 Å². The van der Waals surface area contributed by atoms with Crippen LogP contribution < -0.4 is 5.32 Å². The van der Waals surface area contributed by atoms with Crippen LogP contribution in [0.1, 0.15) is 39.6 Å². The highest BCUT2D eigenvalue weighted by Gasteiger charge is 2.27. The summed E-state index contributed by atoms with van der Waals surface area (Å²) in [5, 5.41) is 21.1. The molecule has 0 heterocycles. The number of carboxylic acid groups (broad SMARTS) is 1. The second-order valence-corrected chi connectivity index (χ2v) is 5.54. The summed E-state index contributed by atoms with van der Waals surface area (Å²) < 4.78 is 0. The van der Waals surface area contributed by atoms with Crippen molar-refractivity contribution < 1.29 is 24.6 Å².